The highest BCUT2D eigenvalue weighted by Crippen LogP contribution is 2.30. The molecule has 41 heavy (non-hydrogen) atoms. The van der Waals surface area contributed by atoms with Crippen LogP contribution in [0.15, 0.2) is 77.7 Å². The van der Waals surface area contributed by atoms with Crippen LogP contribution in [0, 0.1) is 13.8 Å². The second-order valence-corrected chi connectivity index (χ2v) is 13.1. The van der Waals surface area contributed by atoms with Crippen LogP contribution in [0.5, 0.6) is 5.88 Å². The van der Waals surface area contributed by atoms with E-state index in [1.807, 2.05) is 32.0 Å². The number of fused-ring (bicyclic) bond motifs is 4. The molecule has 3 aromatic carbocycles. The zero-order valence-corrected chi connectivity index (χ0v) is 24.7. The molecule has 2 N–H and O–H groups in total. The van der Waals surface area contributed by atoms with E-state index in [-0.39, 0.29) is 34.2 Å². The Morgan fingerprint density at radius 3 is 2.29 bits per heavy atom. The molecule has 1 aliphatic heterocycles. The van der Waals surface area contributed by atoms with Crippen LogP contribution in [0.2, 0.25) is 0 Å². The van der Waals surface area contributed by atoms with Gasteiger partial charge in [-0.1, -0.05) is 69.3 Å². The first kappa shape index (κ1) is 28.3. The molecule has 0 spiro atoms. The number of aryl methyl sites for hydroxylation is 2. The van der Waals surface area contributed by atoms with E-state index in [1.165, 1.54) is 23.8 Å². The maximum Gasteiger partial charge on any atom is 0.264 e. The van der Waals surface area contributed by atoms with Crippen LogP contribution in [0.1, 0.15) is 53.4 Å². The number of anilines is 1. The largest absolute Gasteiger partial charge is 0.472 e. The predicted octanol–water partition coefficient (Wildman–Crippen LogP) is 5.59. The fraction of sp³-hybridized carbons (Fsp3) is 0.281. The first-order valence-electron chi connectivity index (χ1n) is 13.5. The van der Waals surface area contributed by atoms with Crippen LogP contribution >= 0.6 is 0 Å². The van der Waals surface area contributed by atoms with Gasteiger partial charge in [0.25, 0.3) is 15.9 Å². The van der Waals surface area contributed by atoms with Gasteiger partial charge in [0.15, 0.2) is 0 Å². The van der Waals surface area contributed by atoms with E-state index >= 15 is 0 Å². The summed E-state index contributed by atoms with van der Waals surface area (Å²) in [5.41, 5.74) is 5.87. The molecule has 1 amide bonds. The smallest absolute Gasteiger partial charge is 0.264 e. The van der Waals surface area contributed by atoms with E-state index in [0.29, 0.717) is 12.1 Å². The van der Waals surface area contributed by atoms with Gasteiger partial charge < -0.3 is 10.1 Å². The van der Waals surface area contributed by atoms with Crippen molar-refractivity contribution < 1.29 is 17.9 Å². The summed E-state index contributed by atoms with van der Waals surface area (Å²) >= 11 is 0. The molecule has 1 atom stereocenters. The quantitative estimate of drug-likeness (QED) is 0.332. The fourth-order valence-corrected chi connectivity index (χ4v) is 5.89. The van der Waals surface area contributed by atoms with Crippen molar-refractivity contribution in [2.24, 2.45) is 0 Å². The third-order valence-electron chi connectivity index (χ3n) is 7.13. The number of amides is 1. The summed E-state index contributed by atoms with van der Waals surface area (Å²) in [5, 5.41) is 2.91. The lowest BCUT2D eigenvalue weighted by Gasteiger charge is -2.22. The van der Waals surface area contributed by atoms with Crippen molar-refractivity contribution in [1.82, 2.24) is 15.3 Å². The summed E-state index contributed by atoms with van der Waals surface area (Å²) in [6.07, 6.45) is 0.00249. The zero-order valence-electron chi connectivity index (χ0n) is 23.9. The number of nitrogens with zero attached hydrogens (tertiary/aromatic N) is 2. The Morgan fingerprint density at radius 2 is 1.61 bits per heavy atom. The molecule has 5 rings (SSSR count). The Kier molecular flexibility index (Phi) is 7.57. The Morgan fingerprint density at radius 1 is 0.927 bits per heavy atom. The summed E-state index contributed by atoms with van der Waals surface area (Å²) in [4.78, 5) is 22.0. The first-order chi connectivity index (χ1) is 19.4. The number of aromatic nitrogens is 2. The van der Waals surface area contributed by atoms with Gasteiger partial charge in [0.2, 0.25) is 11.8 Å². The number of sulfonamides is 1. The number of ether oxygens (including phenoxy) is 1. The minimum absolute atomic E-state index is 0.0258. The van der Waals surface area contributed by atoms with E-state index in [9.17, 15) is 13.2 Å². The Balaban J connectivity index is 1.59. The molecular formula is C32H34N4O4S. The molecule has 1 aromatic heterocycles. The standard InChI is InChI=1S/C32H34N4O4S/c1-20-8-6-9-21(2)29(20)27-18-28-35-31(34-27)36-41(38,39)26-11-7-10-23(17-26)30(37)33-19-25(40-28)16-22-12-14-24(15-13-22)32(3,4)5/h6-15,17-18,25H,16,19H2,1-5H3,(H,33,37)(H,34,35,36)/t25-/m1/s1. The second kappa shape index (κ2) is 11.0. The lowest BCUT2D eigenvalue weighted by molar-refractivity contribution is 0.0925. The maximum atomic E-state index is 13.3. The van der Waals surface area contributed by atoms with Gasteiger partial charge in [0.1, 0.15) is 6.10 Å². The number of benzene rings is 3. The van der Waals surface area contributed by atoms with Crippen LogP contribution < -0.4 is 14.8 Å². The van der Waals surface area contributed by atoms with Gasteiger partial charge in [-0.2, -0.15) is 4.98 Å². The Labute approximate surface area is 241 Å². The van der Waals surface area contributed by atoms with Crippen LogP contribution in [0.3, 0.4) is 0 Å². The predicted molar refractivity (Wildman–Crippen MR) is 160 cm³/mol. The Hall–Kier alpha value is -4.24. The summed E-state index contributed by atoms with van der Waals surface area (Å²) in [7, 11) is -4.09. The third-order valence-corrected chi connectivity index (χ3v) is 8.46. The van der Waals surface area contributed by atoms with Crippen molar-refractivity contribution in [1.29, 1.82) is 0 Å². The summed E-state index contributed by atoms with van der Waals surface area (Å²) in [6, 6.07) is 21.8. The first-order valence-corrected chi connectivity index (χ1v) is 15.0. The van der Waals surface area contributed by atoms with Crippen molar-refractivity contribution >= 4 is 21.9 Å². The molecule has 0 radical (unpaired) electrons. The van der Waals surface area contributed by atoms with Crippen LogP contribution in [0.4, 0.5) is 5.95 Å². The third kappa shape index (κ3) is 6.41. The molecule has 1 aliphatic rings. The molecule has 212 valence electrons. The van der Waals surface area contributed by atoms with E-state index in [1.54, 1.807) is 12.1 Å². The number of carbonyl (C=O) groups excluding carboxylic acids is 1. The number of rotatable bonds is 3. The lowest BCUT2D eigenvalue weighted by Crippen LogP contribution is -2.37. The molecule has 0 fully saturated rings. The molecule has 0 saturated heterocycles. The fourth-order valence-electron chi connectivity index (χ4n) is 4.90. The minimum Gasteiger partial charge on any atom is -0.472 e. The number of hydrogen-bond donors (Lipinski definition) is 2. The maximum absolute atomic E-state index is 13.3. The second-order valence-electron chi connectivity index (χ2n) is 11.4. The van der Waals surface area contributed by atoms with Crippen molar-refractivity contribution in [2.45, 2.75) is 57.5 Å². The van der Waals surface area contributed by atoms with Crippen molar-refractivity contribution in [3.8, 4) is 17.1 Å². The molecule has 0 saturated carbocycles. The summed E-state index contributed by atoms with van der Waals surface area (Å²) < 4.78 is 35.5. The van der Waals surface area contributed by atoms with Gasteiger partial charge in [0, 0.05) is 23.6 Å². The SMILES string of the molecule is Cc1cccc(C)c1-c1cc2nc(n1)NS(=O)(=O)c1cccc(c1)C(=O)NC[C@@H](Cc1ccc(C(C)(C)C)cc1)O2. The number of carbonyl (C=O) groups is 1. The minimum atomic E-state index is -4.09. The van der Waals surface area contributed by atoms with E-state index in [2.05, 4.69) is 65.0 Å². The molecular weight excluding hydrogens is 536 g/mol. The number of nitrogens with one attached hydrogen (secondary N) is 2. The van der Waals surface area contributed by atoms with E-state index in [4.69, 9.17) is 4.74 Å². The molecule has 0 unspecified atom stereocenters. The van der Waals surface area contributed by atoms with E-state index in [0.717, 1.165) is 22.3 Å². The van der Waals surface area contributed by atoms with Gasteiger partial charge in [0.05, 0.1) is 17.1 Å². The van der Waals surface area contributed by atoms with Gasteiger partial charge in [-0.3, -0.25) is 4.79 Å². The topological polar surface area (TPSA) is 110 Å². The summed E-state index contributed by atoms with van der Waals surface area (Å²) in [5.74, 6) is -0.309. The van der Waals surface area contributed by atoms with E-state index < -0.39 is 22.0 Å². The molecule has 0 aliphatic carbocycles. The average molecular weight is 571 g/mol. The summed E-state index contributed by atoms with van der Waals surface area (Å²) in [6.45, 7) is 10.6. The lowest BCUT2D eigenvalue weighted by atomic mass is 9.86. The highest BCUT2D eigenvalue weighted by atomic mass is 32.2. The van der Waals surface area contributed by atoms with Crippen molar-refractivity contribution in [3.63, 3.8) is 0 Å². The number of hydrogen-bond acceptors (Lipinski definition) is 6. The molecule has 8 nitrogen and oxygen atoms in total. The van der Waals surface area contributed by atoms with Gasteiger partial charge in [-0.15, -0.1) is 0 Å². The van der Waals surface area contributed by atoms with Crippen LogP contribution in [-0.2, 0) is 21.9 Å². The molecule has 9 heteroatoms. The highest BCUT2D eigenvalue weighted by Gasteiger charge is 2.23. The molecule has 4 aromatic rings. The van der Waals surface area contributed by atoms with Gasteiger partial charge in [-0.05, 0) is 59.7 Å². The molecule has 4 bridgehead atoms. The highest BCUT2D eigenvalue weighted by molar-refractivity contribution is 7.92. The van der Waals surface area contributed by atoms with Gasteiger partial charge >= 0.3 is 0 Å². The zero-order chi connectivity index (χ0) is 29.4. The van der Waals surface area contributed by atoms with Crippen molar-refractivity contribution in [2.75, 3.05) is 11.3 Å². The van der Waals surface area contributed by atoms with Gasteiger partial charge in [-0.25, -0.2) is 18.1 Å². The van der Waals surface area contributed by atoms with Crippen LogP contribution in [0.25, 0.3) is 11.3 Å². The molecule has 2 heterocycles. The van der Waals surface area contributed by atoms with Crippen LogP contribution in [-0.4, -0.2) is 36.9 Å². The monoisotopic (exact) mass is 570 g/mol. The average Bonchev–Trinajstić information content (AvgIpc) is 2.91. The Bertz CT molecular complexity index is 1690. The van der Waals surface area contributed by atoms with Crippen molar-refractivity contribution in [3.05, 3.63) is 101 Å². The normalized spacial score (nSPS) is 16.7.